The molecule has 1 aliphatic carbocycles. The van der Waals surface area contributed by atoms with Gasteiger partial charge in [0.2, 0.25) is 0 Å². The fourth-order valence-electron chi connectivity index (χ4n) is 1.91. The molecule has 0 aromatic carbocycles. The van der Waals surface area contributed by atoms with E-state index in [1.54, 1.807) is 6.20 Å². The van der Waals surface area contributed by atoms with Crippen molar-refractivity contribution in [1.82, 2.24) is 14.5 Å². The number of pyridine rings is 1. The van der Waals surface area contributed by atoms with Crippen molar-refractivity contribution in [3.8, 4) is 0 Å². The van der Waals surface area contributed by atoms with Crippen molar-refractivity contribution < 1.29 is 0 Å². The Kier molecular flexibility index (Phi) is 1.90. The van der Waals surface area contributed by atoms with Crippen LogP contribution in [0.1, 0.15) is 24.4 Å². The van der Waals surface area contributed by atoms with Gasteiger partial charge in [-0.15, -0.1) is 0 Å². The minimum atomic E-state index is 0.513. The van der Waals surface area contributed by atoms with E-state index in [-0.39, 0.29) is 0 Å². The fraction of sp³-hybridized carbons (Fsp3) is 0.400. The van der Waals surface area contributed by atoms with Gasteiger partial charge in [-0.1, -0.05) is 0 Å². The zero-order valence-electron chi connectivity index (χ0n) is 8.23. The predicted octanol–water partition coefficient (Wildman–Crippen LogP) is 1.89. The van der Waals surface area contributed by atoms with Crippen molar-refractivity contribution in [2.75, 3.05) is 0 Å². The highest BCUT2D eigenvalue weighted by Gasteiger charge is 2.26. The van der Waals surface area contributed by atoms with E-state index in [4.69, 9.17) is 18.0 Å². The van der Waals surface area contributed by atoms with Gasteiger partial charge in [-0.25, -0.2) is 4.98 Å². The average Bonchev–Trinajstić information content (AvgIpc) is 3.00. The number of rotatable bonds is 2. The number of aromatic nitrogens is 3. The molecular formula is C10H12N4S. The number of nitrogens with zero attached hydrogens (tertiary/aromatic N) is 2. The first-order valence-electron chi connectivity index (χ1n) is 5.09. The van der Waals surface area contributed by atoms with E-state index in [2.05, 4.69) is 14.5 Å². The molecule has 0 radical (unpaired) electrons. The summed E-state index contributed by atoms with van der Waals surface area (Å²) in [6.45, 7) is 0.513. The Morgan fingerprint density at radius 2 is 2.40 bits per heavy atom. The lowest BCUT2D eigenvalue weighted by atomic mass is 10.2. The molecule has 0 saturated heterocycles. The predicted molar refractivity (Wildman–Crippen MR) is 61.1 cm³/mol. The van der Waals surface area contributed by atoms with Crippen LogP contribution < -0.4 is 5.73 Å². The van der Waals surface area contributed by atoms with Crippen LogP contribution in [0.15, 0.2) is 12.3 Å². The van der Waals surface area contributed by atoms with Crippen molar-refractivity contribution in [1.29, 1.82) is 0 Å². The fourth-order valence-corrected chi connectivity index (χ4v) is 2.25. The lowest BCUT2D eigenvalue weighted by molar-refractivity contribution is 0.745. The molecule has 0 amide bonds. The molecule has 1 aliphatic rings. The van der Waals surface area contributed by atoms with Crippen molar-refractivity contribution in [2.24, 2.45) is 5.73 Å². The number of hydrogen-bond acceptors (Lipinski definition) is 3. The van der Waals surface area contributed by atoms with E-state index in [9.17, 15) is 0 Å². The summed E-state index contributed by atoms with van der Waals surface area (Å²) in [7, 11) is 0. The lowest BCUT2D eigenvalue weighted by Gasteiger charge is -2.01. The first-order chi connectivity index (χ1) is 7.31. The van der Waals surface area contributed by atoms with Crippen LogP contribution in [-0.4, -0.2) is 14.5 Å². The van der Waals surface area contributed by atoms with Crippen molar-refractivity contribution in [3.05, 3.63) is 22.6 Å². The van der Waals surface area contributed by atoms with E-state index >= 15 is 0 Å². The molecule has 1 saturated carbocycles. The summed E-state index contributed by atoms with van der Waals surface area (Å²) in [5, 5.41) is 0. The van der Waals surface area contributed by atoms with Gasteiger partial charge in [0.1, 0.15) is 0 Å². The minimum Gasteiger partial charge on any atom is -0.329 e. The zero-order valence-corrected chi connectivity index (χ0v) is 9.05. The van der Waals surface area contributed by atoms with Crippen molar-refractivity contribution in [2.45, 2.75) is 25.4 Å². The van der Waals surface area contributed by atoms with Gasteiger partial charge in [0.15, 0.2) is 10.4 Å². The van der Waals surface area contributed by atoms with Crippen LogP contribution in [0.25, 0.3) is 11.2 Å². The van der Waals surface area contributed by atoms with Gasteiger partial charge in [-0.2, -0.15) is 0 Å². The quantitative estimate of drug-likeness (QED) is 0.760. The summed E-state index contributed by atoms with van der Waals surface area (Å²) in [5.74, 6) is 0. The van der Waals surface area contributed by atoms with E-state index in [0.29, 0.717) is 12.6 Å². The van der Waals surface area contributed by atoms with E-state index < -0.39 is 0 Å². The Labute approximate surface area is 92.1 Å². The summed E-state index contributed by atoms with van der Waals surface area (Å²) < 4.78 is 2.88. The topological polar surface area (TPSA) is 59.6 Å². The third-order valence-electron chi connectivity index (χ3n) is 2.83. The summed E-state index contributed by atoms with van der Waals surface area (Å²) in [5.41, 5.74) is 8.70. The van der Waals surface area contributed by atoms with E-state index in [1.165, 1.54) is 12.8 Å². The van der Waals surface area contributed by atoms with Gasteiger partial charge in [0.25, 0.3) is 0 Å². The molecule has 0 aliphatic heterocycles. The summed E-state index contributed by atoms with van der Waals surface area (Å²) in [6, 6.07) is 2.48. The normalized spacial score (nSPS) is 16.1. The molecule has 4 nitrogen and oxygen atoms in total. The number of nitrogens with one attached hydrogen (secondary N) is 1. The van der Waals surface area contributed by atoms with Crippen LogP contribution in [0.2, 0.25) is 0 Å². The molecule has 15 heavy (non-hydrogen) atoms. The van der Waals surface area contributed by atoms with Crippen LogP contribution in [0, 0.1) is 4.77 Å². The number of nitrogens with two attached hydrogens (primary N) is 1. The third kappa shape index (κ3) is 1.31. The molecule has 2 heterocycles. The summed E-state index contributed by atoms with van der Waals surface area (Å²) in [6.07, 6.45) is 4.21. The minimum absolute atomic E-state index is 0.513. The molecule has 78 valence electrons. The number of fused-ring (bicyclic) bond motifs is 1. The monoisotopic (exact) mass is 220 g/mol. The second-order valence-corrected chi connectivity index (χ2v) is 4.29. The molecule has 1 fully saturated rings. The zero-order chi connectivity index (χ0) is 10.4. The second-order valence-electron chi connectivity index (χ2n) is 3.90. The molecule has 0 atom stereocenters. The number of hydrogen-bond donors (Lipinski definition) is 2. The Hall–Kier alpha value is -1.20. The van der Waals surface area contributed by atoms with Gasteiger partial charge in [0.05, 0.1) is 5.52 Å². The van der Waals surface area contributed by atoms with Crippen molar-refractivity contribution in [3.63, 3.8) is 0 Å². The number of imidazole rings is 1. The van der Waals surface area contributed by atoms with Crippen LogP contribution >= 0.6 is 12.2 Å². The highest BCUT2D eigenvalue weighted by Crippen LogP contribution is 2.37. The Balaban J connectivity index is 2.36. The molecule has 5 heteroatoms. The molecule has 3 N–H and O–H groups in total. The maximum Gasteiger partial charge on any atom is 0.179 e. The van der Waals surface area contributed by atoms with Crippen LogP contribution in [0.4, 0.5) is 0 Å². The third-order valence-corrected chi connectivity index (χ3v) is 3.13. The molecule has 2 aromatic rings. The molecule has 2 aromatic heterocycles. The Morgan fingerprint density at radius 1 is 1.60 bits per heavy atom. The lowest BCUT2D eigenvalue weighted by Crippen LogP contribution is -1.99. The van der Waals surface area contributed by atoms with Crippen LogP contribution in [-0.2, 0) is 6.54 Å². The summed E-state index contributed by atoms with van der Waals surface area (Å²) >= 11 is 5.30. The maximum atomic E-state index is 5.68. The van der Waals surface area contributed by atoms with E-state index in [1.807, 2.05) is 6.07 Å². The van der Waals surface area contributed by atoms with Gasteiger partial charge < -0.3 is 10.7 Å². The summed E-state index contributed by atoms with van der Waals surface area (Å²) in [4.78, 5) is 7.58. The standard InChI is InChI=1S/C10H12N4S/c11-5-6-3-4-12-9-8(6)13-10(15)14(9)7-1-2-7/h3-4,7H,1-2,5,11H2,(H,13,15). The van der Waals surface area contributed by atoms with Gasteiger partial charge in [-0.05, 0) is 36.7 Å². The highest BCUT2D eigenvalue weighted by atomic mass is 32.1. The Bertz CT molecular complexity index is 564. The average molecular weight is 220 g/mol. The maximum absolute atomic E-state index is 5.68. The molecular weight excluding hydrogens is 208 g/mol. The number of H-pyrrole nitrogens is 1. The smallest absolute Gasteiger partial charge is 0.179 e. The van der Waals surface area contributed by atoms with Crippen LogP contribution in [0.5, 0.6) is 0 Å². The molecule has 3 rings (SSSR count). The molecule has 0 spiro atoms. The van der Waals surface area contributed by atoms with E-state index in [0.717, 1.165) is 21.5 Å². The Morgan fingerprint density at radius 3 is 3.07 bits per heavy atom. The first-order valence-corrected chi connectivity index (χ1v) is 5.50. The van der Waals surface area contributed by atoms with Gasteiger partial charge in [-0.3, -0.25) is 4.57 Å². The van der Waals surface area contributed by atoms with Crippen LogP contribution in [0.3, 0.4) is 0 Å². The molecule has 0 unspecified atom stereocenters. The highest BCUT2D eigenvalue weighted by molar-refractivity contribution is 7.71. The first kappa shape index (κ1) is 9.06. The second kappa shape index (κ2) is 3.15. The number of aromatic amines is 1. The van der Waals surface area contributed by atoms with Gasteiger partial charge in [0, 0.05) is 18.8 Å². The SMILES string of the molecule is NCc1ccnc2c1[nH]c(=S)n2C1CC1. The van der Waals surface area contributed by atoms with Gasteiger partial charge >= 0.3 is 0 Å². The van der Waals surface area contributed by atoms with Crippen molar-refractivity contribution >= 4 is 23.4 Å². The molecule has 0 bridgehead atoms. The largest absolute Gasteiger partial charge is 0.329 e.